The minimum absolute atomic E-state index is 0.155. The van der Waals surface area contributed by atoms with Gasteiger partial charge in [-0.3, -0.25) is 4.79 Å². The Bertz CT molecular complexity index is 613. The fourth-order valence-corrected chi connectivity index (χ4v) is 3.26. The molecule has 1 heterocycles. The fourth-order valence-electron chi connectivity index (χ4n) is 1.78. The van der Waals surface area contributed by atoms with Crippen LogP contribution in [0.5, 0.6) is 5.75 Å². The molecule has 0 bridgehead atoms. The van der Waals surface area contributed by atoms with Crippen molar-refractivity contribution in [1.82, 2.24) is 5.32 Å². The van der Waals surface area contributed by atoms with E-state index >= 15 is 0 Å². The number of rotatable bonds is 5. The van der Waals surface area contributed by atoms with Crippen molar-refractivity contribution in [2.45, 2.75) is 6.42 Å². The van der Waals surface area contributed by atoms with Crippen molar-refractivity contribution >= 4 is 38.9 Å². The molecule has 4 nitrogen and oxygen atoms in total. The Labute approximate surface area is 130 Å². The third-order valence-corrected chi connectivity index (χ3v) is 4.44. The van der Waals surface area contributed by atoms with E-state index in [1.54, 1.807) is 29.5 Å². The Hall–Kier alpha value is -1.53. The summed E-state index contributed by atoms with van der Waals surface area (Å²) in [7, 11) is 1.52. The first-order valence-electron chi connectivity index (χ1n) is 6.06. The monoisotopic (exact) mass is 354 g/mol. The number of hydrogen-bond acceptors (Lipinski definition) is 4. The molecule has 0 spiro atoms. The van der Waals surface area contributed by atoms with E-state index < -0.39 is 0 Å². The lowest BCUT2D eigenvalue weighted by atomic mass is 10.1. The maximum atomic E-state index is 12.1. The van der Waals surface area contributed by atoms with E-state index in [-0.39, 0.29) is 5.91 Å². The number of hydrogen-bond donors (Lipinski definition) is 2. The summed E-state index contributed by atoms with van der Waals surface area (Å²) < 4.78 is 6.27. The van der Waals surface area contributed by atoms with Gasteiger partial charge in [-0.15, -0.1) is 11.3 Å². The Morgan fingerprint density at radius 2 is 2.20 bits per heavy atom. The standard InChI is InChI=1S/C14H15BrN2O2S/c1-19-12-8-9(16)2-4-11(12)14(18)17-7-6-10-3-5-13(15)20-10/h2-5,8H,6-7,16H2,1H3,(H,17,18). The minimum Gasteiger partial charge on any atom is -0.496 e. The molecule has 6 heteroatoms. The van der Waals surface area contributed by atoms with Crippen LogP contribution in [-0.4, -0.2) is 19.6 Å². The van der Waals surface area contributed by atoms with Crippen LogP contribution in [0.2, 0.25) is 0 Å². The molecule has 0 saturated heterocycles. The zero-order valence-electron chi connectivity index (χ0n) is 11.0. The highest BCUT2D eigenvalue weighted by atomic mass is 79.9. The van der Waals surface area contributed by atoms with Gasteiger partial charge in [-0.1, -0.05) is 0 Å². The van der Waals surface area contributed by atoms with Gasteiger partial charge in [0.25, 0.3) is 5.91 Å². The maximum Gasteiger partial charge on any atom is 0.255 e. The van der Waals surface area contributed by atoms with E-state index in [4.69, 9.17) is 10.5 Å². The average molecular weight is 355 g/mol. The molecule has 2 aromatic rings. The third kappa shape index (κ3) is 3.74. The first kappa shape index (κ1) is 14.9. The van der Waals surface area contributed by atoms with E-state index in [0.29, 0.717) is 23.5 Å². The number of nitrogens with two attached hydrogens (primary N) is 1. The molecular formula is C14H15BrN2O2S. The minimum atomic E-state index is -0.155. The van der Waals surface area contributed by atoms with Gasteiger partial charge in [0.2, 0.25) is 0 Å². The summed E-state index contributed by atoms with van der Waals surface area (Å²) in [6.07, 6.45) is 0.805. The quantitative estimate of drug-likeness (QED) is 0.811. The van der Waals surface area contributed by atoms with E-state index in [1.807, 2.05) is 12.1 Å². The summed E-state index contributed by atoms with van der Waals surface area (Å²) in [5.74, 6) is 0.332. The van der Waals surface area contributed by atoms with Gasteiger partial charge in [0.15, 0.2) is 0 Å². The van der Waals surface area contributed by atoms with Crippen LogP contribution in [0.4, 0.5) is 5.69 Å². The Morgan fingerprint density at radius 3 is 2.85 bits per heavy atom. The second kappa shape index (κ2) is 6.76. The van der Waals surface area contributed by atoms with Gasteiger partial charge in [0, 0.05) is 23.2 Å². The maximum absolute atomic E-state index is 12.1. The number of nitrogens with one attached hydrogen (secondary N) is 1. The van der Waals surface area contributed by atoms with Gasteiger partial charge in [-0.05, 0) is 46.6 Å². The Balaban J connectivity index is 1.95. The molecule has 0 saturated carbocycles. The molecule has 0 aliphatic heterocycles. The molecule has 2 rings (SSSR count). The van der Waals surface area contributed by atoms with Crippen LogP contribution in [-0.2, 0) is 6.42 Å². The molecule has 1 aromatic carbocycles. The molecule has 0 aliphatic rings. The van der Waals surface area contributed by atoms with Crippen LogP contribution >= 0.6 is 27.3 Å². The van der Waals surface area contributed by atoms with Crippen LogP contribution in [0.15, 0.2) is 34.1 Å². The van der Waals surface area contributed by atoms with Crippen LogP contribution < -0.4 is 15.8 Å². The van der Waals surface area contributed by atoms with Crippen LogP contribution in [0.25, 0.3) is 0 Å². The number of carbonyl (C=O) groups excluding carboxylic acids is 1. The zero-order chi connectivity index (χ0) is 14.5. The van der Waals surface area contributed by atoms with E-state index in [1.165, 1.54) is 12.0 Å². The van der Waals surface area contributed by atoms with E-state index in [2.05, 4.69) is 21.2 Å². The summed E-state index contributed by atoms with van der Waals surface area (Å²) in [5, 5.41) is 2.88. The molecule has 20 heavy (non-hydrogen) atoms. The predicted octanol–water partition coefficient (Wildman–Crippen LogP) is 3.07. The van der Waals surface area contributed by atoms with E-state index in [9.17, 15) is 4.79 Å². The van der Waals surface area contributed by atoms with Gasteiger partial charge in [0.05, 0.1) is 16.5 Å². The number of carbonyl (C=O) groups is 1. The number of nitrogen functional groups attached to an aromatic ring is 1. The van der Waals surface area contributed by atoms with Gasteiger partial charge >= 0.3 is 0 Å². The number of methoxy groups -OCH3 is 1. The summed E-state index contributed by atoms with van der Waals surface area (Å²) in [5.41, 5.74) is 6.73. The smallest absolute Gasteiger partial charge is 0.255 e. The second-order valence-corrected chi connectivity index (χ2v) is 6.72. The van der Waals surface area contributed by atoms with Crippen molar-refractivity contribution in [3.05, 3.63) is 44.6 Å². The number of thiophene rings is 1. The predicted molar refractivity (Wildman–Crippen MR) is 85.5 cm³/mol. The van der Waals surface area contributed by atoms with Crippen molar-refractivity contribution in [2.75, 3.05) is 19.4 Å². The number of ether oxygens (including phenoxy) is 1. The lowest BCUT2D eigenvalue weighted by Gasteiger charge is -2.09. The molecule has 0 radical (unpaired) electrons. The lowest BCUT2D eigenvalue weighted by Crippen LogP contribution is -2.26. The summed E-state index contributed by atoms with van der Waals surface area (Å²) >= 11 is 5.09. The molecule has 3 N–H and O–H groups in total. The SMILES string of the molecule is COc1cc(N)ccc1C(=O)NCCc1ccc(Br)s1. The lowest BCUT2D eigenvalue weighted by molar-refractivity contribution is 0.0951. The van der Waals surface area contributed by atoms with Crippen molar-refractivity contribution in [1.29, 1.82) is 0 Å². The van der Waals surface area contributed by atoms with Crippen LogP contribution in [0, 0.1) is 0 Å². The third-order valence-electron chi connectivity index (χ3n) is 2.76. The number of anilines is 1. The Morgan fingerprint density at radius 1 is 1.40 bits per heavy atom. The van der Waals surface area contributed by atoms with Gasteiger partial charge < -0.3 is 15.8 Å². The average Bonchev–Trinajstić information content (AvgIpc) is 2.84. The molecule has 0 aliphatic carbocycles. The molecule has 1 amide bonds. The van der Waals surface area contributed by atoms with Gasteiger partial charge in [-0.25, -0.2) is 0 Å². The van der Waals surface area contributed by atoms with Crippen molar-refractivity contribution in [2.24, 2.45) is 0 Å². The normalized spacial score (nSPS) is 10.3. The second-order valence-electron chi connectivity index (χ2n) is 4.17. The number of benzene rings is 1. The highest BCUT2D eigenvalue weighted by molar-refractivity contribution is 9.11. The summed E-state index contributed by atoms with van der Waals surface area (Å²) in [6.45, 7) is 0.583. The molecule has 0 fully saturated rings. The first-order chi connectivity index (χ1) is 9.60. The van der Waals surface area contributed by atoms with Crippen LogP contribution in [0.3, 0.4) is 0 Å². The van der Waals surface area contributed by atoms with Crippen molar-refractivity contribution in [3.63, 3.8) is 0 Å². The van der Waals surface area contributed by atoms with Crippen molar-refractivity contribution in [3.8, 4) is 5.75 Å². The Kier molecular flexibility index (Phi) is 5.03. The highest BCUT2D eigenvalue weighted by Crippen LogP contribution is 2.23. The molecular weight excluding hydrogens is 340 g/mol. The summed E-state index contributed by atoms with van der Waals surface area (Å²) in [6, 6.07) is 9.06. The molecule has 0 unspecified atom stereocenters. The van der Waals surface area contributed by atoms with E-state index in [0.717, 1.165) is 10.2 Å². The topological polar surface area (TPSA) is 64.3 Å². The van der Waals surface area contributed by atoms with Crippen molar-refractivity contribution < 1.29 is 9.53 Å². The van der Waals surface area contributed by atoms with Gasteiger partial charge in [-0.2, -0.15) is 0 Å². The molecule has 1 aromatic heterocycles. The largest absolute Gasteiger partial charge is 0.496 e. The van der Waals surface area contributed by atoms with Crippen LogP contribution in [0.1, 0.15) is 15.2 Å². The zero-order valence-corrected chi connectivity index (χ0v) is 13.4. The fraction of sp³-hybridized carbons (Fsp3) is 0.214. The number of amides is 1. The molecule has 106 valence electrons. The first-order valence-corrected chi connectivity index (χ1v) is 7.67. The summed E-state index contributed by atoms with van der Waals surface area (Å²) in [4.78, 5) is 13.3. The number of halogens is 1. The van der Waals surface area contributed by atoms with Gasteiger partial charge in [0.1, 0.15) is 5.75 Å². The molecule has 0 atom stereocenters. The highest BCUT2D eigenvalue weighted by Gasteiger charge is 2.12.